The summed E-state index contributed by atoms with van der Waals surface area (Å²) in [7, 11) is 0. The molecule has 0 bridgehead atoms. The van der Waals surface area contributed by atoms with Gasteiger partial charge in [-0.2, -0.15) is 0 Å². The van der Waals surface area contributed by atoms with Gasteiger partial charge in [0, 0.05) is 78.0 Å². The third kappa shape index (κ3) is 22.9. The van der Waals surface area contributed by atoms with E-state index in [0.717, 1.165) is 12.8 Å². The van der Waals surface area contributed by atoms with E-state index in [0.29, 0.717) is 0 Å². The van der Waals surface area contributed by atoms with Crippen LogP contribution in [0, 0.1) is 0 Å². The predicted octanol–water partition coefficient (Wildman–Crippen LogP) is 33.0. The summed E-state index contributed by atoms with van der Waals surface area (Å²) >= 11 is 18.5. The summed E-state index contributed by atoms with van der Waals surface area (Å²) in [5.74, 6) is 0. The molecule has 0 unspecified atom stereocenters. The van der Waals surface area contributed by atoms with Gasteiger partial charge in [-0.3, -0.25) is 0 Å². The first-order chi connectivity index (χ1) is 45.9. The minimum absolute atomic E-state index is 1.16. The van der Waals surface area contributed by atoms with Gasteiger partial charge in [0.05, 0.1) is 0 Å². The average molecular weight is 1410 g/mol. The molecular formula is C84H116S9. The van der Waals surface area contributed by atoms with Crippen LogP contribution < -0.4 is 0 Å². The van der Waals surface area contributed by atoms with Gasteiger partial charge >= 0.3 is 0 Å². The molecule has 0 atom stereocenters. The molecule has 0 radical (unpaired) electrons. The number of unbranched alkanes of at least 4 members (excludes halogenated alkanes) is 30. The molecule has 0 amide bonds. The van der Waals surface area contributed by atoms with Crippen molar-refractivity contribution in [2.75, 3.05) is 0 Å². The lowest BCUT2D eigenvalue weighted by Crippen LogP contribution is -1.86. The van der Waals surface area contributed by atoms with E-state index in [1.807, 2.05) is 22.7 Å². The highest BCUT2D eigenvalue weighted by molar-refractivity contribution is 7.32. The second-order valence-electron chi connectivity index (χ2n) is 27.0. The van der Waals surface area contributed by atoms with Gasteiger partial charge in [0.2, 0.25) is 0 Å². The standard InChI is InChI=1S/C84H116S9/c1-7-13-19-25-31-37-43-63-55-57-85-79(63)69-49-51-71(87-69)81-65(45-39-33-27-21-15-9-3)59-75(90-81)77-61-67(47-41-35-29-23-17-11-5)83(92-77)73-53-54-74(89-73)84-68(48-42-36-30-24-18-12-6)62-78(93-84)76-60-66(46-40-34-28-22-16-10-4)82(91-76)72-52-50-70(88-72)80-64(56-58-86-80)44-38-32-26-20-14-8-2/h49-62H,7-48H2,1-6H3. The number of hydrogen-bond donors (Lipinski definition) is 0. The Kier molecular flexibility index (Phi) is 33.9. The fourth-order valence-electron chi connectivity index (χ4n) is 13.6. The fourth-order valence-corrected chi connectivity index (χ4v) is 24.4. The molecule has 9 heteroatoms. The highest BCUT2D eigenvalue weighted by Crippen LogP contribution is 2.53. The van der Waals surface area contributed by atoms with E-state index in [2.05, 4.69) is 204 Å². The maximum Gasteiger partial charge on any atom is 0.0481 e. The van der Waals surface area contributed by atoms with E-state index in [9.17, 15) is 0 Å². The van der Waals surface area contributed by atoms with Gasteiger partial charge in [-0.25, -0.2) is 0 Å². The van der Waals surface area contributed by atoms with E-state index in [4.69, 9.17) is 0 Å². The van der Waals surface area contributed by atoms with Crippen molar-refractivity contribution in [2.45, 2.75) is 311 Å². The Labute approximate surface area is 602 Å². The maximum atomic E-state index is 2.66. The Bertz CT molecular complexity index is 3220. The maximum absolute atomic E-state index is 2.66. The van der Waals surface area contributed by atoms with Crippen LogP contribution in [0.1, 0.15) is 306 Å². The van der Waals surface area contributed by atoms with Gasteiger partial charge in [-0.05, 0) is 194 Å². The van der Waals surface area contributed by atoms with Gasteiger partial charge in [-0.1, -0.05) is 234 Å². The molecule has 0 saturated carbocycles. The van der Waals surface area contributed by atoms with Crippen molar-refractivity contribution in [1.29, 1.82) is 0 Å². The molecule has 9 rings (SSSR count). The zero-order valence-electron chi connectivity index (χ0n) is 58.5. The second kappa shape index (κ2) is 42.3. The molecule has 0 saturated heterocycles. The van der Waals surface area contributed by atoms with Gasteiger partial charge in [0.1, 0.15) is 0 Å². The summed E-state index contributed by atoms with van der Waals surface area (Å²) in [6.45, 7) is 14.0. The van der Waals surface area contributed by atoms with Crippen LogP contribution in [0.25, 0.3) is 78.0 Å². The molecule has 9 heterocycles. The lowest BCUT2D eigenvalue weighted by molar-refractivity contribution is 0.608. The van der Waals surface area contributed by atoms with Gasteiger partial charge in [0.25, 0.3) is 0 Å². The van der Waals surface area contributed by atoms with E-state index >= 15 is 0 Å². The lowest BCUT2D eigenvalue weighted by Gasteiger charge is -2.04. The average Bonchev–Trinajstić information content (AvgIpc) is 1.65. The van der Waals surface area contributed by atoms with Crippen molar-refractivity contribution < 1.29 is 0 Å². The molecule has 506 valence electrons. The van der Waals surface area contributed by atoms with E-state index in [1.165, 1.54) is 335 Å². The van der Waals surface area contributed by atoms with Crippen LogP contribution >= 0.6 is 102 Å². The first-order valence-corrected chi connectivity index (χ1v) is 45.4. The minimum Gasteiger partial charge on any atom is -0.143 e. The van der Waals surface area contributed by atoms with Crippen molar-refractivity contribution in [3.8, 4) is 78.0 Å². The molecule has 0 aliphatic carbocycles. The smallest absolute Gasteiger partial charge is 0.0481 e. The fraction of sp³-hybridized carbons (Fsp3) is 0.571. The van der Waals surface area contributed by atoms with Crippen LogP contribution in [0.5, 0.6) is 0 Å². The van der Waals surface area contributed by atoms with E-state index in [-0.39, 0.29) is 0 Å². The van der Waals surface area contributed by atoms with Gasteiger partial charge in [-0.15, -0.1) is 102 Å². The third-order valence-corrected chi connectivity index (χ3v) is 30.5. The zero-order valence-corrected chi connectivity index (χ0v) is 65.8. The summed E-state index contributed by atoms with van der Waals surface area (Å²) < 4.78 is 0. The minimum atomic E-state index is 1.16. The molecule has 9 aromatic heterocycles. The summed E-state index contributed by atoms with van der Waals surface area (Å²) in [6, 6.07) is 30.4. The van der Waals surface area contributed by atoms with Crippen LogP contribution in [0.4, 0.5) is 0 Å². The zero-order chi connectivity index (χ0) is 64.7. The molecular weight excluding hydrogens is 1300 g/mol. The number of hydrogen-bond acceptors (Lipinski definition) is 9. The third-order valence-electron chi connectivity index (χ3n) is 19.2. The second-order valence-corrected chi connectivity index (χ2v) is 36.3. The normalized spacial score (nSPS) is 11.8. The molecule has 9 aromatic rings. The lowest BCUT2D eigenvalue weighted by atomic mass is 10.0. The van der Waals surface area contributed by atoms with Crippen molar-refractivity contribution in [2.24, 2.45) is 0 Å². The first kappa shape index (κ1) is 74.5. The topological polar surface area (TPSA) is 0 Å². The Balaban J connectivity index is 1.02. The molecule has 0 fully saturated rings. The van der Waals surface area contributed by atoms with Crippen LogP contribution in [-0.2, 0) is 38.5 Å². The summed E-state index contributed by atoms with van der Waals surface area (Å²) in [5.41, 5.74) is 9.43. The quantitative estimate of drug-likeness (QED) is 0.0333. The monoisotopic (exact) mass is 1410 g/mol. The van der Waals surface area contributed by atoms with Crippen molar-refractivity contribution in [1.82, 2.24) is 0 Å². The number of aryl methyl sites for hydroxylation is 6. The predicted molar refractivity (Wildman–Crippen MR) is 433 cm³/mol. The molecule has 0 aliphatic rings. The molecule has 0 aromatic carbocycles. The Hall–Kier alpha value is -2.70. The number of rotatable bonds is 50. The Morgan fingerprint density at radius 2 is 0.376 bits per heavy atom. The van der Waals surface area contributed by atoms with Crippen LogP contribution in [0.15, 0.2) is 83.6 Å². The Morgan fingerprint density at radius 3 is 0.602 bits per heavy atom. The SMILES string of the molecule is CCCCCCCCc1ccsc1-c1ccc(-c2sc(-c3cc(CCCCCCCC)c(-c4ccc(-c5sc(-c6cc(CCCCCCCC)c(-c7ccc(-c8sccc8CCCCCCCC)s7)s6)cc5CCCCCCCC)s4)s3)cc2CCCCCCCC)s1. The number of thiophene rings is 9. The first-order valence-electron chi connectivity index (χ1n) is 37.9. The summed E-state index contributed by atoms with van der Waals surface area (Å²) in [4.78, 5) is 23.8. The van der Waals surface area contributed by atoms with Crippen LogP contribution in [0.2, 0.25) is 0 Å². The van der Waals surface area contributed by atoms with Crippen LogP contribution in [0.3, 0.4) is 0 Å². The molecule has 0 spiro atoms. The van der Waals surface area contributed by atoms with Crippen LogP contribution in [-0.4, -0.2) is 0 Å². The summed E-state index contributed by atoms with van der Waals surface area (Å²) in [5, 5.41) is 4.70. The Morgan fingerprint density at radius 1 is 0.183 bits per heavy atom. The summed E-state index contributed by atoms with van der Waals surface area (Å²) in [6.07, 6.45) is 55.3. The highest BCUT2D eigenvalue weighted by Gasteiger charge is 2.24. The van der Waals surface area contributed by atoms with Crippen molar-refractivity contribution in [3.63, 3.8) is 0 Å². The molecule has 93 heavy (non-hydrogen) atoms. The van der Waals surface area contributed by atoms with Crippen molar-refractivity contribution in [3.05, 3.63) is 117 Å². The van der Waals surface area contributed by atoms with Gasteiger partial charge < -0.3 is 0 Å². The molecule has 0 aliphatic heterocycles. The van der Waals surface area contributed by atoms with E-state index in [1.54, 1.807) is 33.4 Å². The van der Waals surface area contributed by atoms with E-state index < -0.39 is 0 Å². The van der Waals surface area contributed by atoms with Gasteiger partial charge in [0.15, 0.2) is 0 Å². The van der Waals surface area contributed by atoms with Crippen molar-refractivity contribution >= 4 is 102 Å². The molecule has 0 N–H and O–H groups in total. The largest absolute Gasteiger partial charge is 0.143 e. The highest BCUT2D eigenvalue weighted by atomic mass is 32.1. The molecule has 0 nitrogen and oxygen atoms in total.